The summed E-state index contributed by atoms with van der Waals surface area (Å²) in [6.07, 6.45) is -2.68. The van der Waals surface area contributed by atoms with Crippen LogP contribution in [0.4, 0.5) is 4.39 Å². The fourth-order valence-corrected chi connectivity index (χ4v) is 6.08. The summed E-state index contributed by atoms with van der Waals surface area (Å²) < 4.78 is 27.0. The molecule has 0 radical (unpaired) electrons. The van der Waals surface area contributed by atoms with Gasteiger partial charge in [-0.1, -0.05) is 48.5 Å². The van der Waals surface area contributed by atoms with E-state index < -0.39 is 69.9 Å². The highest BCUT2D eigenvalue weighted by molar-refractivity contribution is 6.07. The predicted octanol–water partition coefficient (Wildman–Crippen LogP) is 3.67. The maximum atomic E-state index is 15.8. The number of rotatable bonds is 2. The van der Waals surface area contributed by atoms with Gasteiger partial charge in [0.2, 0.25) is 0 Å². The number of carbonyl (C=O) groups is 3. The average molecular weight is 489 g/mol. The Morgan fingerprint density at radius 1 is 1.09 bits per heavy atom. The molecule has 0 amide bonds. The second kappa shape index (κ2) is 10.3. The van der Waals surface area contributed by atoms with Gasteiger partial charge in [0.25, 0.3) is 5.67 Å². The van der Waals surface area contributed by atoms with Crippen molar-refractivity contribution in [1.82, 2.24) is 0 Å². The third-order valence-electron chi connectivity index (χ3n) is 7.81. The van der Waals surface area contributed by atoms with Crippen molar-refractivity contribution in [2.75, 3.05) is 7.11 Å². The van der Waals surface area contributed by atoms with Gasteiger partial charge in [-0.2, -0.15) is 0 Å². The van der Waals surface area contributed by atoms with Crippen molar-refractivity contribution < 1.29 is 38.5 Å². The van der Waals surface area contributed by atoms with Crippen LogP contribution < -0.4 is 0 Å². The zero-order valence-electron chi connectivity index (χ0n) is 22.7. The third-order valence-corrected chi connectivity index (χ3v) is 7.81. The van der Waals surface area contributed by atoms with Crippen LogP contribution in [0.2, 0.25) is 0 Å². The third kappa shape index (κ3) is 5.71. The first-order valence-electron chi connectivity index (χ1n) is 12.1. The molecule has 1 rings (SSSR count). The van der Waals surface area contributed by atoms with Crippen LogP contribution in [-0.2, 0) is 23.9 Å². The zero-order chi connectivity index (χ0) is 27.0. The summed E-state index contributed by atoms with van der Waals surface area (Å²) >= 11 is 0. The quantitative estimate of drug-likeness (QED) is 0.451. The summed E-state index contributed by atoms with van der Waals surface area (Å²) in [4.78, 5) is 39.6. The van der Waals surface area contributed by atoms with E-state index in [9.17, 15) is 24.6 Å². The number of carbonyl (C=O) groups excluding carboxylic acids is 3. The predicted molar refractivity (Wildman–Crippen MR) is 127 cm³/mol. The fraction of sp³-hybridized carbons (Fsp3) is 0.885. The van der Waals surface area contributed by atoms with Crippen LogP contribution in [0.25, 0.3) is 0 Å². The number of hydrogen-bond acceptors (Lipinski definition) is 7. The van der Waals surface area contributed by atoms with Gasteiger partial charge in [0, 0.05) is 30.8 Å². The van der Waals surface area contributed by atoms with E-state index in [1.165, 1.54) is 21.0 Å². The second-order valence-corrected chi connectivity index (χ2v) is 11.8. The van der Waals surface area contributed by atoms with E-state index in [1.54, 1.807) is 27.7 Å². The highest BCUT2D eigenvalue weighted by atomic mass is 19.1. The smallest absolute Gasteiger partial charge is 0.351 e. The standard InChI is InChI=1S/C26H45FO7/c1-12-17-26(10,32)21(30)15(3)18(28)14(2)13-24(8,33-11)19(23(5,6)7)16(4)20(29)25(9,27)22(31)34-17/h14-17,19,21,30,32H,12-13H2,1-11H3/t14-,15+,16-,17-,19+,21-,24-,25+,26-/m1/s1. The Balaban J connectivity index is 3.79. The summed E-state index contributed by atoms with van der Waals surface area (Å²) in [6, 6.07) is 0. The molecule has 2 N–H and O–H groups in total. The molecule has 34 heavy (non-hydrogen) atoms. The number of Topliss-reactive ketones (excluding diaryl/α,β-unsaturated/α-hetero) is 2. The lowest BCUT2D eigenvalue weighted by atomic mass is 9.61. The SMILES string of the molecule is CC[C@H]1OC(=O)[C@@](C)(F)C(=O)[C@H](C)[C@@H](C(C)(C)C)[C@](C)(OC)C[C@@H](C)C(=O)[C@H](C)[C@@H](O)[C@]1(C)O. The molecule has 0 aromatic carbocycles. The van der Waals surface area contributed by atoms with Gasteiger partial charge >= 0.3 is 5.97 Å². The van der Waals surface area contributed by atoms with Gasteiger partial charge in [-0.05, 0) is 39.0 Å². The van der Waals surface area contributed by atoms with Crippen molar-refractivity contribution in [2.45, 2.75) is 111 Å². The van der Waals surface area contributed by atoms with E-state index in [2.05, 4.69) is 0 Å². The lowest BCUT2D eigenvalue weighted by molar-refractivity contribution is -0.198. The Hall–Kier alpha value is -1.38. The minimum Gasteiger partial charge on any atom is -0.457 e. The van der Waals surface area contributed by atoms with Crippen LogP contribution >= 0.6 is 0 Å². The number of hydrogen-bond donors (Lipinski definition) is 2. The molecule has 7 nitrogen and oxygen atoms in total. The van der Waals surface area contributed by atoms with Gasteiger partial charge in [0.05, 0.1) is 11.7 Å². The van der Waals surface area contributed by atoms with Crippen LogP contribution in [0, 0.1) is 29.1 Å². The Labute approximate surface area is 203 Å². The zero-order valence-corrected chi connectivity index (χ0v) is 22.7. The van der Waals surface area contributed by atoms with Crippen molar-refractivity contribution in [2.24, 2.45) is 29.1 Å². The molecular weight excluding hydrogens is 443 g/mol. The molecule has 1 aliphatic heterocycles. The highest BCUT2D eigenvalue weighted by Crippen LogP contribution is 2.47. The lowest BCUT2D eigenvalue weighted by Crippen LogP contribution is -2.59. The Bertz CT molecular complexity index is 770. The van der Waals surface area contributed by atoms with Crippen LogP contribution in [0.5, 0.6) is 0 Å². The minimum atomic E-state index is -2.98. The van der Waals surface area contributed by atoms with E-state index in [-0.39, 0.29) is 18.6 Å². The van der Waals surface area contributed by atoms with Gasteiger partial charge in [0.1, 0.15) is 17.5 Å². The Morgan fingerprint density at radius 3 is 2.00 bits per heavy atom. The van der Waals surface area contributed by atoms with Crippen molar-refractivity contribution >= 4 is 17.5 Å². The first-order valence-corrected chi connectivity index (χ1v) is 12.1. The number of aliphatic hydroxyl groups excluding tert-OH is 1. The number of methoxy groups -OCH3 is 1. The number of ether oxygens (including phenoxy) is 2. The molecule has 8 heteroatoms. The van der Waals surface area contributed by atoms with Gasteiger partial charge in [-0.25, -0.2) is 9.18 Å². The maximum Gasteiger partial charge on any atom is 0.351 e. The first-order chi connectivity index (χ1) is 15.2. The summed E-state index contributed by atoms with van der Waals surface area (Å²) in [6.45, 7) is 16.0. The van der Waals surface area contributed by atoms with Crippen molar-refractivity contribution in [3.8, 4) is 0 Å². The van der Waals surface area contributed by atoms with Crippen molar-refractivity contribution in [3.63, 3.8) is 0 Å². The molecule has 0 aromatic heterocycles. The maximum absolute atomic E-state index is 15.8. The monoisotopic (exact) mass is 488 g/mol. The lowest BCUT2D eigenvalue weighted by Gasteiger charge is -2.49. The highest BCUT2D eigenvalue weighted by Gasteiger charge is 2.56. The topological polar surface area (TPSA) is 110 Å². The first kappa shape index (κ1) is 30.7. The van der Waals surface area contributed by atoms with E-state index in [0.29, 0.717) is 0 Å². The summed E-state index contributed by atoms with van der Waals surface area (Å²) in [5.74, 6) is -5.80. The largest absolute Gasteiger partial charge is 0.457 e. The average Bonchev–Trinajstić information content (AvgIpc) is 2.72. The van der Waals surface area contributed by atoms with Crippen LogP contribution in [0.15, 0.2) is 0 Å². The van der Waals surface area contributed by atoms with E-state index in [0.717, 1.165) is 6.92 Å². The Morgan fingerprint density at radius 2 is 1.59 bits per heavy atom. The molecule has 1 saturated heterocycles. The molecule has 0 bridgehead atoms. The van der Waals surface area contributed by atoms with Gasteiger partial charge in [0.15, 0.2) is 5.78 Å². The normalized spacial score (nSPS) is 43.9. The Kier molecular flexibility index (Phi) is 9.30. The molecule has 0 saturated carbocycles. The number of esters is 1. The molecule has 0 aromatic rings. The molecule has 0 unspecified atom stereocenters. The second-order valence-electron chi connectivity index (χ2n) is 11.8. The number of aliphatic hydroxyl groups is 2. The van der Waals surface area contributed by atoms with Gasteiger partial charge in [-0.3, -0.25) is 9.59 Å². The molecule has 1 heterocycles. The van der Waals surface area contributed by atoms with Crippen LogP contribution in [0.3, 0.4) is 0 Å². The molecule has 0 aliphatic carbocycles. The van der Waals surface area contributed by atoms with Gasteiger partial charge in [-0.15, -0.1) is 0 Å². The van der Waals surface area contributed by atoms with Crippen molar-refractivity contribution in [3.05, 3.63) is 0 Å². The molecular formula is C26H45FO7. The summed E-state index contributed by atoms with van der Waals surface area (Å²) in [7, 11) is 1.48. The van der Waals surface area contributed by atoms with Crippen molar-refractivity contribution in [1.29, 1.82) is 0 Å². The number of cyclic esters (lactones) is 1. The molecule has 1 fully saturated rings. The minimum absolute atomic E-state index is 0.0401. The molecule has 9 atom stereocenters. The van der Waals surface area contributed by atoms with E-state index in [1.807, 2.05) is 20.8 Å². The van der Waals surface area contributed by atoms with Crippen LogP contribution in [0.1, 0.15) is 82.1 Å². The fourth-order valence-electron chi connectivity index (χ4n) is 6.08. The summed E-state index contributed by atoms with van der Waals surface area (Å²) in [5.41, 5.74) is -6.62. The van der Waals surface area contributed by atoms with E-state index in [4.69, 9.17) is 9.47 Å². The number of alkyl halides is 1. The van der Waals surface area contributed by atoms with Gasteiger partial charge < -0.3 is 19.7 Å². The van der Waals surface area contributed by atoms with Crippen LogP contribution in [-0.4, -0.2) is 63.9 Å². The molecule has 198 valence electrons. The number of halogens is 1. The molecule has 1 aliphatic rings. The number of ketones is 2. The summed E-state index contributed by atoms with van der Waals surface area (Å²) in [5, 5.41) is 22.0. The molecule has 0 spiro atoms. The van der Waals surface area contributed by atoms with E-state index >= 15 is 4.39 Å².